The Morgan fingerprint density at radius 1 is 0.775 bits per heavy atom. The molecule has 0 spiro atoms. The third-order valence-electron chi connectivity index (χ3n) is 13.9. The number of nitrogens with zero attached hydrogens (tertiary/aromatic N) is 1. The van der Waals surface area contributed by atoms with Crippen LogP contribution in [0.25, 0.3) is 11.6 Å². The number of hydrogen-bond acceptors (Lipinski definition) is 6. The average molecular weight is 993 g/mol. The Balaban J connectivity index is 1.14. The zero-order valence-electron chi connectivity index (χ0n) is 40.2. The fourth-order valence-electron chi connectivity index (χ4n) is 9.59. The van der Waals surface area contributed by atoms with Crippen molar-refractivity contribution in [3.8, 4) is 17.2 Å². The van der Waals surface area contributed by atoms with E-state index in [0.717, 1.165) is 56.3 Å². The Hall–Kier alpha value is -6.58. The van der Waals surface area contributed by atoms with Crippen molar-refractivity contribution in [2.75, 3.05) is 13.1 Å². The van der Waals surface area contributed by atoms with Crippen LogP contribution in [0.1, 0.15) is 75.4 Å². The van der Waals surface area contributed by atoms with Gasteiger partial charge in [0.05, 0.1) is 4.90 Å². The quantitative estimate of drug-likeness (QED) is 0.0525. The van der Waals surface area contributed by atoms with E-state index in [1.807, 2.05) is 56.3 Å². The summed E-state index contributed by atoms with van der Waals surface area (Å²) in [5.74, 6) is 0.808. The SMILES string of the molecule is C=C(C)C(=O)OC1CCN(S(=O)(=O)c2ccccc2C2=c3cc/c(=C\c4c(C)cccc4C)cc3Oc3cc(Cc4c(C)cc(OCc5ccccc5[B-](C)(C(F)(F)F)C(F)(F)F)cc4C)ccc32)CC1. The number of aryl methyl sites for hydroxylation is 4. The molecule has 2 heterocycles. The lowest BCUT2D eigenvalue weighted by atomic mass is 9.21. The van der Waals surface area contributed by atoms with Crippen molar-refractivity contribution in [2.24, 2.45) is 0 Å². The van der Waals surface area contributed by atoms with Crippen LogP contribution >= 0.6 is 0 Å². The van der Waals surface area contributed by atoms with Gasteiger partial charge in [-0.05, 0) is 146 Å². The minimum Gasteiger partial charge on any atom is -0.489 e. The third-order valence-corrected chi connectivity index (χ3v) is 15.8. The van der Waals surface area contributed by atoms with Crippen molar-refractivity contribution in [1.82, 2.24) is 4.31 Å². The molecule has 0 saturated carbocycles. The topological polar surface area (TPSA) is 82.1 Å². The van der Waals surface area contributed by atoms with Crippen LogP contribution in [-0.4, -0.2) is 56.2 Å². The fraction of sp³-hybridized carbons (Fsp3) is 0.268. The van der Waals surface area contributed by atoms with Gasteiger partial charge in [0.25, 0.3) is 18.3 Å². The Morgan fingerprint density at radius 2 is 1.41 bits per heavy atom. The smallest absolute Gasteiger partial charge is 0.333 e. The second-order valence-corrected chi connectivity index (χ2v) is 20.8. The summed E-state index contributed by atoms with van der Waals surface area (Å²) in [5.41, 5.74) is 7.65. The Morgan fingerprint density at radius 3 is 2.06 bits per heavy atom. The number of piperidine rings is 1. The molecule has 0 unspecified atom stereocenters. The first-order valence-electron chi connectivity index (χ1n) is 23.3. The van der Waals surface area contributed by atoms with E-state index < -0.39 is 52.5 Å². The second kappa shape index (κ2) is 19.6. The minimum absolute atomic E-state index is 0.120. The van der Waals surface area contributed by atoms with E-state index in [2.05, 4.69) is 38.6 Å². The molecule has 0 N–H and O–H groups in total. The van der Waals surface area contributed by atoms with Crippen LogP contribution in [0.15, 0.2) is 132 Å². The van der Waals surface area contributed by atoms with Gasteiger partial charge in [0.15, 0.2) is 0 Å². The summed E-state index contributed by atoms with van der Waals surface area (Å²) < 4.78 is 134. The van der Waals surface area contributed by atoms with Crippen LogP contribution in [0.5, 0.6) is 17.2 Å². The van der Waals surface area contributed by atoms with E-state index in [4.69, 9.17) is 14.2 Å². The first kappa shape index (κ1) is 50.8. The van der Waals surface area contributed by atoms with Crippen molar-refractivity contribution in [1.29, 1.82) is 0 Å². The van der Waals surface area contributed by atoms with Gasteiger partial charge in [-0.3, -0.25) is 0 Å². The second-order valence-electron chi connectivity index (χ2n) is 18.9. The molecular weight excluding hydrogens is 939 g/mol. The maximum Gasteiger partial charge on any atom is 0.333 e. The molecule has 0 radical (unpaired) electrons. The van der Waals surface area contributed by atoms with Gasteiger partial charge in [-0.25, -0.2) is 39.6 Å². The van der Waals surface area contributed by atoms with Crippen molar-refractivity contribution >= 4 is 39.3 Å². The van der Waals surface area contributed by atoms with Crippen molar-refractivity contribution in [2.45, 2.75) is 90.5 Å². The third kappa shape index (κ3) is 10.0. The number of carbonyl (C=O) groups excluding carboxylic acids is 1. The highest BCUT2D eigenvalue weighted by Crippen LogP contribution is 2.43. The summed E-state index contributed by atoms with van der Waals surface area (Å²) in [7, 11) is -4.07. The van der Waals surface area contributed by atoms with Gasteiger partial charge in [-0.2, -0.15) is 16.6 Å². The lowest BCUT2D eigenvalue weighted by Crippen LogP contribution is -2.68. The van der Waals surface area contributed by atoms with Crippen LogP contribution in [0.4, 0.5) is 26.3 Å². The normalized spacial score (nSPS) is 14.9. The number of sulfonamides is 1. The number of hydrogen-bond donors (Lipinski definition) is 0. The van der Waals surface area contributed by atoms with Crippen molar-refractivity contribution < 1.29 is 53.8 Å². The predicted molar refractivity (Wildman–Crippen MR) is 265 cm³/mol. The monoisotopic (exact) mass is 992 g/mol. The molecule has 6 aromatic rings. The summed E-state index contributed by atoms with van der Waals surface area (Å²) in [6.07, 6.45) is -13.3. The van der Waals surface area contributed by atoms with Crippen molar-refractivity contribution in [3.05, 3.63) is 193 Å². The van der Waals surface area contributed by atoms with E-state index in [0.29, 0.717) is 52.7 Å². The molecule has 2 aliphatic heterocycles. The zero-order valence-corrected chi connectivity index (χ0v) is 41.0. The molecule has 1 fully saturated rings. The Bertz CT molecular complexity index is 3270. The predicted octanol–water partition coefficient (Wildman–Crippen LogP) is 11.0. The van der Waals surface area contributed by atoms with E-state index in [-0.39, 0.29) is 41.7 Å². The lowest BCUT2D eigenvalue weighted by Gasteiger charge is -2.41. The number of carbonyl (C=O) groups is 1. The van der Waals surface area contributed by atoms with Crippen molar-refractivity contribution in [3.63, 3.8) is 0 Å². The lowest BCUT2D eigenvalue weighted by molar-refractivity contribution is -0.145. The maximum absolute atomic E-state index is 14.7. The molecule has 7 nitrogen and oxygen atoms in total. The van der Waals surface area contributed by atoms with E-state index in [1.165, 1.54) is 16.4 Å². The summed E-state index contributed by atoms with van der Waals surface area (Å²) in [6.45, 7) is 13.0. The number of rotatable bonds is 12. The van der Waals surface area contributed by atoms with Crippen LogP contribution in [-0.2, 0) is 32.6 Å². The van der Waals surface area contributed by atoms with Crippen LogP contribution in [0, 0.1) is 27.7 Å². The molecule has 0 aliphatic carbocycles. The number of halogens is 6. The molecule has 71 heavy (non-hydrogen) atoms. The maximum atomic E-state index is 14.7. The molecule has 15 heteroatoms. The number of benzene rings is 6. The van der Waals surface area contributed by atoms with Gasteiger partial charge in [0.1, 0.15) is 30.0 Å². The van der Waals surface area contributed by atoms with E-state index in [9.17, 15) is 39.6 Å². The molecule has 1 saturated heterocycles. The van der Waals surface area contributed by atoms with Gasteiger partial charge in [0.2, 0.25) is 10.0 Å². The summed E-state index contributed by atoms with van der Waals surface area (Å²) in [4.78, 5) is 12.4. The van der Waals surface area contributed by atoms with Gasteiger partial charge < -0.3 is 14.2 Å². The van der Waals surface area contributed by atoms with Gasteiger partial charge in [0, 0.05) is 40.6 Å². The average Bonchev–Trinajstić information content (AvgIpc) is 3.31. The number of ether oxygens (including phenoxy) is 3. The summed E-state index contributed by atoms with van der Waals surface area (Å²) >= 11 is 0. The standard InChI is InChI=1S/C56H53BF6NO6S/c1-34(2)54(65)69-42-23-25-64(26-24-42)71(66,67)52-18-11-9-16-46(52)53-44-21-19-39(29-47-35(3)13-12-14-36(47)4)31-50(44)70-51-32-40(20-22-45(51)53)30-48-37(5)27-43(28-38(48)6)68-33-41-15-8-10-17-49(41)57(7,55(58,59)60)56(61,62)63/h8-22,27-29,31-32,42H,1,23-26,30,33H2,2-7H3/q-1/b39-29+. The molecule has 2 aliphatic rings. The zero-order chi connectivity index (χ0) is 51.2. The number of alkyl halides is 6. The van der Waals surface area contributed by atoms with E-state index >= 15 is 0 Å². The molecular formula is C56H53BF6NO6S-. The number of esters is 1. The highest BCUT2D eigenvalue weighted by Gasteiger charge is 2.63. The summed E-state index contributed by atoms with van der Waals surface area (Å²) in [6, 6.07) is 32.8. The van der Waals surface area contributed by atoms with Crippen LogP contribution < -0.4 is 25.4 Å². The molecule has 370 valence electrons. The highest BCUT2D eigenvalue weighted by atomic mass is 32.2. The first-order valence-corrected chi connectivity index (χ1v) is 24.8. The Kier molecular flexibility index (Phi) is 14.0. The summed E-state index contributed by atoms with van der Waals surface area (Å²) in [5, 5.41) is 1.58. The molecule has 8 rings (SSSR count). The molecule has 0 amide bonds. The van der Waals surface area contributed by atoms with Gasteiger partial charge >= 0.3 is 5.97 Å². The van der Waals surface area contributed by atoms with Crippen LogP contribution in [0.2, 0.25) is 6.82 Å². The van der Waals surface area contributed by atoms with Crippen LogP contribution in [0.3, 0.4) is 0 Å². The fourth-order valence-corrected chi connectivity index (χ4v) is 11.3. The minimum atomic E-state index is -5.55. The highest BCUT2D eigenvalue weighted by molar-refractivity contribution is 7.89. The van der Waals surface area contributed by atoms with E-state index in [1.54, 1.807) is 43.3 Å². The largest absolute Gasteiger partial charge is 0.489 e. The molecule has 0 atom stereocenters. The van der Waals surface area contributed by atoms with Gasteiger partial charge in [-0.15, -0.1) is 0 Å². The van der Waals surface area contributed by atoms with Gasteiger partial charge in [-0.1, -0.05) is 85.4 Å². The molecule has 0 aromatic heterocycles. The molecule has 6 aromatic carbocycles. The first-order chi connectivity index (χ1) is 33.5. The molecule has 0 bridgehead atoms. The number of fused-ring (bicyclic) bond motifs is 2. The Labute approximate surface area is 410 Å².